The van der Waals surface area contributed by atoms with Crippen molar-refractivity contribution in [3.8, 4) is 0 Å². The minimum atomic E-state index is -0.319. The Kier molecular flexibility index (Phi) is 10.0. The van der Waals surface area contributed by atoms with Gasteiger partial charge in [-0.25, -0.2) is 9.18 Å². The van der Waals surface area contributed by atoms with E-state index in [0.717, 1.165) is 38.8 Å². The molecule has 0 unspecified atom stereocenters. The van der Waals surface area contributed by atoms with E-state index >= 15 is 0 Å². The molecule has 4 rings (SSSR count). The first-order valence-electron chi connectivity index (χ1n) is 14.8. The molecule has 42 heavy (non-hydrogen) atoms. The average molecular weight is 571 g/mol. The van der Waals surface area contributed by atoms with E-state index in [1.54, 1.807) is 21.9 Å². The lowest BCUT2D eigenvalue weighted by atomic mass is 9.93. The first-order valence-corrected chi connectivity index (χ1v) is 14.8. The van der Waals surface area contributed by atoms with Gasteiger partial charge in [0.1, 0.15) is 12.4 Å². The second-order valence-corrected chi connectivity index (χ2v) is 11.8. The molecular weight excluding hydrogens is 527 g/mol. The molecule has 3 amide bonds. The zero-order chi connectivity index (χ0) is 30.4. The van der Waals surface area contributed by atoms with Crippen LogP contribution in [0.25, 0.3) is 10.9 Å². The molecule has 0 saturated heterocycles. The van der Waals surface area contributed by atoms with Gasteiger partial charge in [0, 0.05) is 41.9 Å². The van der Waals surface area contributed by atoms with Crippen LogP contribution in [-0.2, 0) is 17.8 Å². The number of hydrogen-bond donors (Lipinski definition) is 2. The highest BCUT2D eigenvalue weighted by Gasteiger charge is 2.26. The number of urea groups is 1. The molecule has 6 nitrogen and oxygen atoms in total. The maximum absolute atomic E-state index is 13.9. The van der Waals surface area contributed by atoms with Gasteiger partial charge < -0.3 is 20.1 Å². The number of anilines is 1. The van der Waals surface area contributed by atoms with Crippen LogP contribution in [0.4, 0.5) is 14.9 Å². The van der Waals surface area contributed by atoms with E-state index in [1.807, 2.05) is 56.4 Å². The largest absolute Gasteiger partial charge is 0.361 e. The molecule has 0 fully saturated rings. The number of nitrogens with one attached hydrogen (secondary N) is 2. The van der Waals surface area contributed by atoms with Crippen molar-refractivity contribution in [1.29, 1.82) is 0 Å². The number of aromatic nitrogens is 1. The van der Waals surface area contributed by atoms with Crippen LogP contribution >= 0.6 is 0 Å². The van der Waals surface area contributed by atoms with E-state index in [9.17, 15) is 14.0 Å². The van der Waals surface area contributed by atoms with Crippen molar-refractivity contribution in [3.63, 3.8) is 0 Å². The summed E-state index contributed by atoms with van der Waals surface area (Å²) in [7, 11) is 0. The summed E-state index contributed by atoms with van der Waals surface area (Å²) in [4.78, 5) is 34.3. The monoisotopic (exact) mass is 570 g/mol. The first kappa shape index (κ1) is 30.8. The molecule has 0 radical (unpaired) electrons. The van der Waals surface area contributed by atoms with Crippen LogP contribution in [0.15, 0.2) is 72.9 Å². The number of benzene rings is 3. The molecule has 4 aromatic rings. The quantitative estimate of drug-likeness (QED) is 0.191. The summed E-state index contributed by atoms with van der Waals surface area (Å²) in [5.74, 6) is -0.0301. The molecule has 222 valence electrons. The third kappa shape index (κ3) is 7.38. The van der Waals surface area contributed by atoms with E-state index < -0.39 is 0 Å². The van der Waals surface area contributed by atoms with Crippen LogP contribution in [0.1, 0.15) is 75.6 Å². The summed E-state index contributed by atoms with van der Waals surface area (Å²) in [6.45, 7) is 13.0. The van der Waals surface area contributed by atoms with Crippen LogP contribution in [0.2, 0.25) is 0 Å². The number of amides is 3. The van der Waals surface area contributed by atoms with Crippen LogP contribution in [-0.4, -0.2) is 45.9 Å². The summed E-state index contributed by atoms with van der Waals surface area (Å²) < 4.78 is 13.6. The van der Waals surface area contributed by atoms with Gasteiger partial charge in [0.15, 0.2) is 0 Å². The molecular formula is C35H43FN4O2. The predicted molar refractivity (Wildman–Crippen MR) is 169 cm³/mol. The number of rotatable bonds is 11. The van der Waals surface area contributed by atoms with Gasteiger partial charge in [-0.05, 0) is 72.6 Å². The molecule has 0 spiro atoms. The molecule has 0 aliphatic carbocycles. The number of H-pyrrole nitrogens is 1. The molecule has 0 aliphatic rings. The molecule has 2 N–H and O–H groups in total. The number of aromatic amines is 1. The summed E-state index contributed by atoms with van der Waals surface area (Å²) in [6.07, 6.45) is 2.63. The number of nitrogens with zero attached hydrogens (tertiary/aromatic N) is 2. The van der Waals surface area contributed by atoms with E-state index in [2.05, 4.69) is 44.1 Å². The Balaban J connectivity index is 1.56. The van der Waals surface area contributed by atoms with Gasteiger partial charge in [0.25, 0.3) is 0 Å². The molecule has 7 heteroatoms. The highest BCUT2D eigenvalue weighted by Crippen LogP contribution is 2.32. The van der Waals surface area contributed by atoms with E-state index in [1.165, 1.54) is 12.1 Å². The second kappa shape index (κ2) is 13.7. The fourth-order valence-electron chi connectivity index (χ4n) is 5.30. The molecule has 0 atom stereocenters. The van der Waals surface area contributed by atoms with Crippen molar-refractivity contribution in [3.05, 3.63) is 101 Å². The van der Waals surface area contributed by atoms with Crippen LogP contribution in [0, 0.1) is 5.82 Å². The SMILES string of the molecule is CC(C)c1cccc(C(C)C)c1NC(=O)N(CC(=O)N(CCc1c[nH]c2ccccc12)Cc1ccc(F)cc1)C(C)C. The minimum Gasteiger partial charge on any atom is -0.361 e. The Labute approximate surface area is 248 Å². The van der Waals surface area contributed by atoms with Gasteiger partial charge in [-0.2, -0.15) is 0 Å². The minimum absolute atomic E-state index is 0.0700. The highest BCUT2D eigenvalue weighted by atomic mass is 19.1. The van der Waals surface area contributed by atoms with Crippen LogP contribution in [0.3, 0.4) is 0 Å². The Bertz CT molecular complexity index is 1480. The van der Waals surface area contributed by atoms with Crippen molar-refractivity contribution < 1.29 is 14.0 Å². The topological polar surface area (TPSA) is 68.4 Å². The lowest BCUT2D eigenvalue weighted by Gasteiger charge is -2.31. The van der Waals surface area contributed by atoms with E-state index in [0.29, 0.717) is 19.5 Å². The molecule has 1 aromatic heterocycles. The van der Waals surface area contributed by atoms with Crippen molar-refractivity contribution in [2.75, 3.05) is 18.4 Å². The average Bonchev–Trinajstić information content (AvgIpc) is 3.37. The van der Waals surface area contributed by atoms with Crippen molar-refractivity contribution >= 4 is 28.5 Å². The summed E-state index contributed by atoms with van der Waals surface area (Å²) >= 11 is 0. The fourth-order valence-corrected chi connectivity index (χ4v) is 5.30. The fraction of sp³-hybridized carbons (Fsp3) is 0.371. The molecule has 0 aliphatic heterocycles. The van der Waals surface area contributed by atoms with Gasteiger partial charge in [-0.15, -0.1) is 0 Å². The first-order chi connectivity index (χ1) is 20.0. The maximum Gasteiger partial charge on any atom is 0.322 e. The Hall–Kier alpha value is -4.13. The van der Waals surface area contributed by atoms with Crippen LogP contribution < -0.4 is 5.32 Å². The van der Waals surface area contributed by atoms with Gasteiger partial charge in [-0.1, -0.05) is 76.2 Å². The van der Waals surface area contributed by atoms with Crippen molar-refractivity contribution in [2.24, 2.45) is 0 Å². The second-order valence-electron chi connectivity index (χ2n) is 11.8. The third-order valence-corrected chi connectivity index (χ3v) is 7.76. The summed E-state index contributed by atoms with van der Waals surface area (Å²) in [5.41, 5.74) is 5.97. The van der Waals surface area contributed by atoms with Crippen LogP contribution in [0.5, 0.6) is 0 Å². The van der Waals surface area contributed by atoms with Gasteiger partial charge in [-0.3, -0.25) is 4.79 Å². The zero-order valence-electron chi connectivity index (χ0n) is 25.6. The molecule has 0 bridgehead atoms. The smallest absolute Gasteiger partial charge is 0.322 e. The predicted octanol–water partition coefficient (Wildman–Crippen LogP) is 8.07. The maximum atomic E-state index is 13.9. The van der Waals surface area contributed by atoms with Gasteiger partial charge in [0.2, 0.25) is 5.91 Å². The van der Waals surface area contributed by atoms with Gasteiger partial charge in [0.05, 0.1) is 0 Å². The lowest BCUT2D eigenvalue weighted by molar-refractivity contribution is -0.132. The molecule has 3 aromatic carbocycles. The van der Waals surface area contributed by atoms with E-state index in [4.69, 9.17) is 0 Å². The number of hydrogen-bond acceptors (Lipinski definition) is 2. The Morgan fingerprint density at radius 3 is 2.12 bits per heavy atom. The highest BCUT2D eigenvalue weighted by molar-refractivity contribution is 5.94. The summed E-state index contributed by atoms with van der Waals surface area (Å²) in [5, 5.41) is 4.29. The molecule has 0 saturated carbocycles. The number of halogens is 1. The normalized spacial score (nSPS) is 11.5. The lowest BCUT2D eigenvalue weighted by Crippen LogP contribution is -2.47. The molecule has 1 heterocycles. The third-order valence-electron chi connectivity index (χ3n) is 7.76. The number of carbonyl (C=O) groups excluding carboxylic acids is 2. The number of para-hydroxylation sites is 2. The van der Waals surface area contributed by atoms with E-state index in [-0.39, 0.29) is 42.2 Å². The number of fused-ring (bicyclic) bond motifs is 1. The van der Waals surface area contributed by atoms with Crippen molar-refractivity contribution in [1.82, 2.24) is 14.8 Å². The standard InChI is InChI=1S/C35H43FN4O2/c1-23(2)29-11-9-12-30(24(3)4)34(29)38-35(42)40(25(5)6)22-33(41)39(21-26-14-16-28(36)17-15-26)19-18-27-20-37-32-13-8-7-10-31(27)32/h7-17,20,23-25,37H,18-19,21-22H2,1-6H3,(H,38,42). The van der Waals surface area contributed by atoms with Gasteiger partial charge >= 0.3 is 6.03 Å². The summed E-state index contributed by atoms with van der Waals surface area (Å²) in [6, 6.07) is 19.9. The Morgan fingerprint density at radius 2 is 1.50 bits per heavy atom. The number of carbonyl (C=O) groups is 2. The zero-order valence-corrected chi connectivity index (χ0v) is 25.6. The van der Waals surface area contributed by atoms with Crippen molar-refractivity contribution in [2.45, 2.75) is 72.4 Å². The Morgan fingerprint density at radius 1 is 0.857 bits per heavy atom.